The zero-order valence-electron chi connectivity index (χ0n) is 14.4. The summed E-state index contributed by atoms with van der Waals surface area (Å²) in [7, 11) is 0. The predicted octanol–water partition coefficient (Wildman–Crippen LogP) is 5.95. The van der Waals surface area contributed by atoms with Gasteiger partial charge in [-0.15, -0.1) is 0 Å². The molecule has 1 fully saturated rings. The van der Waals surface area contributed by atoms with E-state index in [1.807, 2.05) is 0 Å². The Morgan fingerprint density at radius 1 is 1.05 bits per heavy atom. The molecule has 21 heavy (non-hydrogen) atoms. The average Bonchev–Trinajstić information content (AvgIpc) is 2.88. The Kier molecular flexibility index (Phi) is 3.99. The first kappa shape index (κ1) is 14.9. The van der Waals surface area contributed by atoms with Gasteiger partial charge in [0.15, 0.2) is 0 Å². The molecule has 0 radical (unpaired) electrons. The van der Waals surface area contributed by atoms with Gasteiger partial charge in [-0.3, -0.25) is 0 Å². The molecule has 0 unspecified atom stereocenters. The van der Waals surface area contributed by atoms with Crippen LogP contribution in [0.1, 0.15) is 62.3 Å². The van der Waals surface area contributed by atoms with Gasteiger partial charge in [0.2, 0.25) is 0 Å². The van der Waals surface area contributed by atoms with Crippen LogP contribution in [0.15, 0.2) is 18.2 Å². The van der Waals surface area contributed by atoms with Gasteiger partial charge in [0.1, 0.15) is 0 Å². The van der Waals surface area contributed by atoms with Crippen LogP contribution in [0.25, 0.3) is 5.57 Å². The van der Waals surface area contributed by atoms with Crippen molar-refractivity contribution < 1.29 is 0 Å². The lowest BCUT2D eigenvalue weighted by atomic mass is 9.66. The quantitative estimate of drug-likeness (QED) is 0.628. The van der Waals surface area contributed by atoms with E-state index >= 15 is 0 Å². The number of allylic oxidation sites excluding steroid dienone is 2. The number of hydrogen-bond donors (Lipinski definition) is 0. The molecule has 0 bridgehead atoms. The molecule has 2 aliphatic rings. The summed E-state index contributed by atoms with van der Waals surface area (Å²) < 4.78 is 0. The minimum atomic E-state index is 0.787. The molecule has 2 aliphatic carbocycles. The lowest BCUT2D eigenvalue weighted by Gasteiger charge is -2.39. The molecule has 0 nitrogen and oxygen atoms in total. The van der Waals surface area contributed by atoms with Gasteiger partial charge in [-0.1, -0.05) is 45.4 Å². The van der Waals surface area contributed by atoms with Gasteiger partial charge in [0.05, 0.1) is 0 Å². The smallest absolute Gasteiger partial charge is 0.00825 e. The number of rotatable bonds is 2. The minimum Gasteiger partial charge on any atom is -0.0760 e. The van der Waals surface area contributed by atoms with Crippen molar-refractivity contribution in [2.45, 2.75) is 60.3 Å². The van der Waals surface area contributed by atoms with E-state index in [-0.39, 0.29) is 0 Å². The van der Waals surface area contributed by atoms with E-state index in [1.165, 1.54) is 30.4 Å². The van der Waals surface area contributed by atoms with Crippen LogP contribution in [0, 0.1) is 37.5 Å². The van der Waals surface area contributed by atoms with Gasteiger partial charge in [0, 0.05) is 0 Å². The predicted molar refractivity (Wildman–Crippen MR) is 92.4 cm³/mol. The Balaban J connectivity index is 2.00. The summed E-state index contributed by atoms with van der Waals surface area (Å²) in [5.41, 5.74) is 7.87. The van der Waals surface area contributed by atoms with Gasteiger partial charge < -0.3 is 0 Å². The van der Waals surface area contributed by atoms with E-state index in [2.05, 4.69) is 52.8 Å². The van der Waals surface area contributed by atoms with E-state index in [9.17, 15) is 0 Å². The Morgan fingerprint density at radius 3 is 2.48 bits per heavy atom. The van der Waals surface area contributed by atoms with Crippen molar-refractivity contribution in [3.63, 3.8) is 0 Å². The van der Waals surface area contributed by atoms with Crippen molar-refractivity contribution in [2.24, 2.45) is 23.7 Å². The molecular formula is C21H30. The van der Waals surface area contributed by atoms with Crippen LogP contribution in [0.4, 0.5) is 0 Å². The molecule has 0 spiro atoms. The van der Waals surface area contributed by atoms with Crippen molar-refractivity contribution in [3.8, 4) is 0 Å². The normalized spacial score (nSPS) is 28.7. The summed E-state index contributed by atoms with van der Waals surface area (Å²) in [6.07, 6.45) is 7.95. The Morgan fingerprint density at radius 2 is 1.76 bits per heavy atom. The van der Waals surface area contributed by atoms with Crippen LogP contribution in [-0.4, -0.2) is 0 Å². The monoisotopic (exact) mass is 282 g/mol. The SMILES string of the molecule is Cc1ccc(C)c2c1CC=C2[C@@H]1C[C@H](C)CC[C@H]1C(C)C. The fourth-order valence-corrected chi connectivity index (χ4v) is 4.74. The second-order valence-electron chi connectivity index (χ2n) is 7.85. The summed E-state index contributed by atoms with van der Waals surface area (Å²) in [6.45, 7) is 11.9. The van der Waals surface area contributed by atoms with E-state index in [0.717, 1.165) is 30.1 Å². The van der Waals surface area contributed by atoms with Gasteiger partial charge in [-0.05, 0) is 84.6 Å². The molecule has 0 amide bonds. The highest BCUT2D eigenvalue weighted by atomic mass is 14.4. The molecule has 1 aromatic rings. The topological polar surface area (TPSA) is 0 Å². The van der Waals surface area contributed by atoms with E-state index in [1.54, 1.807) is 16.7 Å². The van der Waals surface area contributed by atoms with Crippen molar-refractivity contribution in [1.29, 1.82) is 0 Å². The molecule has 114 valence electrons. The molecular weight excluding hydrogens is 252 g/mol. The minimum absolute atomic E-state index is 0.787. The summed E-state index contributed by atoms with van der Waals surface area (Å²) in [5.74, 6) is 3.35. The summed E-state index contributed by atoms with van der Waals surface area (Å²) in [5, 5.41) is 0. The fourth-order valence-electron chi connectivity index (χ4n) is 4.74. The van der Waals surface area contributed by atoms with Crippen LogP contribution in [0.2, 0.25) is 0 Å². The molecule has 0 aromatic heterocycles. The first-order chi connectivity index (χ1) is 9.99. The standard InChI is InChI=1S/C21H30/c1-13(2)17-9-6-14(3)12-20(17)19-11-10-18-15(4)7-8-16(5)21(18)19/h7-8,11,13-14,17,20H,6,9-10,12H2,1-5H3/t14-,17+,20-/m1/s1. The van der Waals surface area contributed by atoms with Crippen molar-refractivity contribution in [1.82, 2.24) is 0 Å². The summed E-state index contributed by atoms with van der Waals surface area (Å²) in [6, 6.07) is 4.62. The van der Waals surface area contributed by atoms with E-state index in [0.29, 0.717) is 0 Å². The van der Waals surface area contributed by atoms with Crippen molar-refractivity contribution in [2.75, 3.05) is 0 Å². The van der Waals surface area contributed by atoms with Crippen LogP contribution in [0.3, 0.4) is 0 Å². The second kappa shape index (κ2) is 5.63. The maximum absolute atomic E-state index is 2.56. The third-order valence-corrected chi connectivity index (χ3v) is 5.99. The molecule has 0 saturated heterocycles. The lowest BCUT2D eigenvalue weighted by Crippen LogP contribution is -2.28. The summed E-state index contributed by atoms with van der Waals surface area (Å²) >= 11 is 0. The molecule has 1 aromatic carbocycles. The zero-order valence-corrected chi connectivity index (χ0v) is 14.4. The molecule has 0 heterocycles. The average molecular weight is 282 g/mol. The third-order valence-electron chi connectivity index (χ3n) is 5.99. The van der Waals surface area contributed by atoms with Gasteiger partial charge in [-0.25, -0.2) is 0 Å². The first-order valence-corrected chi connectivity index (χ1v) is 8.78. The van der Waals surface area contributed by atoms with Crippen molar-refractivity contribution >= 4 is 5.57 Å². The van der Waals surface area contributed by atoms with Crippen molar-refractivity contribution in [3.05, 3.63) is 40.5 Å². The summed E-state index contributed by atoms with van der Waals surface area (Å²) in [4.78, 5) is 0. The number of fused-ring (bicyclic) bond motifs is 1. The Hall–Kier alpha value is -1.04. The molecule has 0 N–H and O–H groups in total. The van der Waals surface area contributed by atoms with Gasteiger partial charge in [-0.2, -0.15) is 0 Å². The fraction of sp³-hybridized carbons (Fsp3) is 0.619. The highest BCUT2D eigenvalue weighted by Gasteiger charge is 2.35. The molecule has 0 aliphatic heterocycles. The van der Waals surface area contributed by atoms with Crippen LogP contribution >= 0.6 is 0 Å². The Bertz CT molecular complexity index is 562. The first-order valence-electron chi connectivity index (χ1n) is 8.78. The van der Waals surface area contributed by atoms with Crippen LogP contribution in [0.5, 0.6) is 0 Å². The van der Waals surface area contributed by atoms with Gasteiger partial charge in [0.25, 0.3) is 0 Å². The van der Waals surface area contributed by atoms with Gasteiger partial charge >= 0.3 is 0 Å². The highest BCUT2D eigenvalue weighted by Crippen LogP contribution is 2.48. The number of hydrogen-bond acceptors (Lipinski definition) is 0. The number of benzene rings is 1. The molecule has 1 saturated carbocycles. The molecule has 3 rings (SSSR count). The lowest BCUT2D eigenvalue weighted by molar-refractivity contribution is 0.185. The van der Waals surface area contributed by atoms with Crippen LogP contribution in [-0.2, 0) is 6.42 Å². The maximum atomic E-state index is 2.56. The Labute approximate surface area is 130 Å². The molecule has 0 heteroatoms. The highest BCUT2D eigenvalue weighted by molar-refractivity contribution is 5.78. The second-order valence-corrected chi connectivity index (χ2v) is 7.85. The third kappa shape index (κ3) is 2.58. The van der Waals surface area contributed by atoms with Crippen LogP contribution < -0.4 is 0 Å². The number of aryl methyl sites for hydroxylation is 2. The largest absolute Gasteiger partial charge is 0.0760 e. The van der Waals surface area contributed by atoms with E-state index < -0.39 is 0 Å². The zero-order chi connectivity index (χ0) is 15.1. The maximum Gasteiger partial charge on any atom is -0.00825 e. The molecule has 3 atom stereocenters. The van der Waals surface area contributed by atoms with E-state index in [4.69, 9.17) is 0 Å².